The van der Waals surface area contributed by atoms with Crippen LogP contribution in [0.25, 0.3) is 10.8 Å². The Morgan fingerprint density at radius 1 is 1.00 bits per heavy atom. The van der Waals surface area contributed by atoms with Crippen molar-refractivity contribution in [2.75, 3.05) is 17.5 Å². The molecule has 0 heterocycles. The minimum absolute atomic E-state index is 0.0676. The number of benzene rings is 3. The van der Waals surface area contributed by atoms with Crippen LogP contribution in [0.2, 0.25) is 0 Å². The molecule has 3 aromatic carbocycles. The van der Waals surface area contributed by atoms with Crippen molar-refractivity contribution in [2.24, 2.45) is 0 Å². The Kier molecular flexibility index (Phi) is 7.55. The molecule has 0 atom stereocenters. The third kappa shape index (κ3) is 5.22. The number of halogens is 2. The third-order valence-electron chi connectivity index (χ3n) is 4.49. The second kappa shape index (κ2) is 9.94. The maximum absolute atomic E-state index is 13.6. The second-order valence-corrected chi connectivity index (χ2v) is 10.4. The summed E-state index contributed by atoms with van der Waals surface area (Å²) in [4.78, 5) is 12.6. The molecule has 0 aliphatic carbocycles. The second-order valence-electron chi connectivity index (χ2n) is 6.69. The molecule has 3 aromatic rings. The molecule has 3 rings (SSSR count). The molecule has 5 nitrogen and oxygen atoms in total. The Hall–Kier alpha value is -1.90. The predicted octanol–water partition coefficient (Wildman–Crippen LogP) is 5.90. The van der Waals surface area contributed by atoms with Crippen LogP contribution >= 0.6 is 31.9 Å². The monoisotopic (exact) mass is 553 g/mol. The lowest BCUT2D eigenvalue weighted by Gasteiger charge is -2.25. The Labute approximate surface area is 193 Å². The molecule has 30 heavy (non-hydrogen) atoms. The minimum atomic E-state index is -4.04. The number of nitrogens with zero attached hydrogens (tertiary/aromatic N) is 1. The van der Waals surface area contributed by atoms with Gasteiger partial charge in [-0.15, -0.1) is 0 Å². The summed E-state index contributed by atoms with van der Waals surface area (Å²) in [5.41, 5.74) is 0.427. The van der Waals surface area contributed by atoms with E-state index in [0.717, 1.165) is 27.9 Å². The topological polar surface area (TPSA) is 63.7 Å². The number of ether oxygens (including phenoxy) is 1. The number of sulfonamides is 1. The van der Waals surface area contributed by atoms with E-state index in [2.05, 4.69) is 31.9 Å². The predicted molar refractivity (Wildman–Crippen MR) is 126 cm³/mol. The number of hydrogen-bond donors (Lipinski definition) is 0. The number of carbonyl (C=O) groups excluding carboxylic acids is 1. The molecule has 0 bridgehead atoms. The van der Waals surface area contributed by atoms with Crippen LogP contribution in [0.15, 0.2) is 74.5 Å². The lowest BCUT2D eigenvalue weighted by Crippen LogP contribution is -2.37. The zero-order chi connectivity index (χ0) is 21.7. The van der Waals surface area contributed by atoms with Gasteiger partial charge in [0.15, 0.2) is 0 Å². The highest BCUT2D eigenvalue weighted by molar-refractivity contribution is 9.11. The van der Waals surface area contributed by atoms with Gasteiger partial charge in [0.2, 0.25) is 0 Å². The lowest BCUT2D eigenvalue weighted by atomic mass is 10.1. The number of unbranched alkanes of at least 4 members (excludes halogenated alkanes) is 1. The largest absolute Gasteiger partial charge is 0.464 e. The Morgan fingerprint density at radius 3 is 2.37 bits per heavy atom. The van der Waals surface area contributed by atoms with Crippen molar-refractivity contribution in [3.63, 3.8) is 0 Å². The summed E-state index contributed by atoms with van der Waals surface area (Å²) in [6.45, 7) is 1.84. The van der Waals surface area contributed by atoms with Gasteiger partial charge >= 0.3 is 5.97 Å². The van der Waals surface area contributed by atoms with Crippen LogP contribution in [-0.4, -0.2) is 27.5 Å². The van der Waals surface area contributed by atoms with E-state index in [4.69, 9.17) is 4.74 Å². The van der Waals surface area contributed by atoms with Crippen LogP contribution < -0.4 is 4.31 Å². The van der Waals surface area contributed by atoms with E-state index >= 15 is 0 Å². The minimum Gasteiger partial charge on any atom is -0.464 e. The normalized spacial score (nSPS) is 11.4. The highest BCUT2D eigenvalue weighted by atomic mass is 79.9. The highest BCUT2D eigenvalue weighted by Crippen LogP contribution is 2.33. The van der Waals surface area contributed by atoms with E-state index in [0.29, 0.717) is 14.6 Å². The van der Waals surface area contributed by atoms with Crippen molar-refractivity contribution < 1.29 is 17.9 Å². The molecule has 0 saturated heterocycles. The summed E-state index contributed by atoms with van der Waals surface area (Å²) in [6.07, 6.45) is 1.61. The van der Waals surface area contributed by atoms with E-state index in [1.807, 2.05) is 37.3 Å². The molecule has 0 spiro atoms. The zero-order valence-corrected chi connectivity index (χ0v) is 20.3. The summed E-state index contributed by atoms with van der Waals surface area (Å²) < 4.78 is 34.9. The summed E-state index contributed by atoms with van der Waals surface area (Å²) in [7, 11) is -4.04. The highest BCUT2D eigenvalue weighted by Gasteiger charge is 2.29. The molecule has 0 radical (unpaired) electrons. The van der Waals surface area contributed by atoms with Gasteiger partial charge < -0.3 is 4.74 Å². The number of carbonyl (C=O) groups is 1. The number of hydrogen-bond acceptors (Lipinski definition) is 4. The molecule has 0 aliphatic rings. The van der Waals surface area contributed by atoms with E-state index < -0.39 is 22.5 Å². The summed E-state index contributed by atoms with van der Waals surface area (Å²) in [5, 5.41) is 1.61. The van der Waals surface area contributed by atoms with Gasteiger partial charge in [0.1, 0.15) is 6.54 Å². The van der Waals surface area contributed by atoms with Gasteiger partial charge in [-0.3, -0.25) is 9.10 Å². The number of anilines is 1. The molecule has 0 aliphatic heterocycles. The zero-order valence-electron chi connectivity index (χ0n) is 16.3. The number of rotatable bonds is 8. The molecule has 0 aromatic heterocycles. The van der Waals surface area contributed by atoms with E-state index in [9.17, 15) is 13.2 Å². The van der Waals surface area contributed by atoms with Gasteiger partial charge in [0.25, 0.3) is 10.0 Å². The molecule has 158 valence electrons. The van der Waals surface area contributed by atoms with Crippen molar-refractivity contribution in [2.45, 2.75) is 24.7 Å². The van der Waals surface area contributed by atoms with E-state index in [1.165, 1.54) is 12.1 Å². The average molecular weight is 555 g/mol. The smallest absolute Gasteiger partial charge is 0.326 e. The van der Waals surface area contributed by atoms with Gasteiger partial charge in [-0.25, -0.2) is 8.42 Å². The average Bonchev–Trinajstić information content (AvgIpc) is 2.71. The lowest BCUT2D eigenvalue weighted by molar-refractivity contribution is -0.141. The molecular weight excluding hydrogens is 534 g/mol. The molecule has 0 unspecified atom stereocenters. The fraction of sp³-hybridized carbons (Fsp3) is 0.227. The molecule has 0 amide bonds. The first-order chi connectivity index (χ1) is 14.3. The van der Waals surface area contributed by atoms with E-state index in [-0.39, 0.29) is 11.5 Å². The third-order valence-corrected chi connectivity index (χ3v) is 7.15. The number of esters is 1. The Bertz CT molecular complexity index is 1140. The van der Waals surface area contributed by atoms with Gasteiger partial charge in [0.05, 0.1) is 17.2 Å². The molecular formula is C22H21Br2NO4S. The summed E-state index contributed by atoms with van der Waals surface area (Å²) in [5.74, 6) is -0.589. The molecule has 0 fully saturated rings. The van der Waals surface area contributed by atoms with Crippen molar-refractivity contribution in [3.8, 4) is 0 Å². The summed E-state index contributed by atoms with van der Waals surface area (Å²) in [6, 6.07) is 17.6. The van der Waals surface area contributed by atoms with Crippen LogP contribution in [0.3, 0.4) is 0 Å². The van der Waals surface area contributed by atoms with Gasteiger partial charge in [-0.05, 0) is 36.1 Å². The first-order valence-electron chi connectivity index (χ1n) is 9.45. The quantitative estimate of drug-likeness (QED) is 0.257. The van der Waals surface area contributed by atoms with Crippen molar-refractivity contribution in [1.82, 2.24) is 0 Å². The van der Waals surface area contributed by atoms with Crippen molar-refractivity contribution in [1.29, 1.82) is 0 Å². The van der Waals surface area contributed by atoms with Crippen molar-refractivity contribution in [3.05, 3.63) is 69.6 Å². The van der Waals surface area contributed by atoms with Crippen LogP contribution in [0, 0.1) is 0 Å². The maximum atomic E-state index is 13.6. The number of fused-ring (bicyclic) bond motifs is 1. The van der Waals surface area contributed by atoms with Gasteiger partial charge in [0, 0.05) is 14.3 Å². The SMILES string of the molecule is CCCCOC(=O)CN(c1cccc2ccccc12)S(=O)(=O)c1cc(Br)cc(Br)c1. The van der Waals surface area contributed by atoms with E-state index in [1.54, 1.807) is 18.2 Å². The van der Waals surface area contributed by atoms with Crippen LogP contribution in [0.5, 0.6) is 0 Å². The van der Waals surface area contributed by atoms with Crippen LogP contribution in [-0.2, 0) is 19.6 Å². The van der Waals surface area contributed by atoms with Gasteiger partial charge in [-0.2, -0.15) is 0 Å². The maximum Gasteiger partial charge on any atom is 0.326 e. The van der Waals surface area contributed by atoms with Crippen LogP contribution in [0.1, 0.15) is 19.8 Å². The van der Waals surface area contributed by atoms with Crippen molar-refractivity contribution >= 4 is 64.3 Å². The standard InChI is InChI=1S/C22H21Br2NO4S/c1-2-3-11-29-22(26)15-25(21-10-6-8-16-7-4-5-9-20(16)21)30(27,28)19-13-17(23)12-18(24)14-19/h4-10,12-14H,2-3,11,15H2,1H3. The fourth-order valence-electron chi connectivity index (χ4n) is 3.02. The Morgan fingerprint density at radius 2 is 1.67 bits per heavy atom. The molecule has 8 heteroatoms. The Balaban J connectivity index is 2.10. The first-order valence-corrected chi connectivity index (χ1v) is 12.5. The van der Waals surface area contributed by atoms with Crippen LogP contribution in [0.4, 0.5) is 5.69 Å². The fourth-order valence-corrected chi connectivity index (χ4v) is 6.12. The summed E-state index contributed by atoms with van der Waals surface area (Å²) >= 11 is 6.68. The first kappa shape index (κ1) is 22.8. The van der Waals surface area contributed by atoms with Gasteiger partial charge in [-0.1, -0.05) is 81.6 Å². The molecule has 0 saturated carbocycles. The molecule has 0 N–H and O–H groups in total.